The minimum absolute atomic E-state index is 0.806. The Morgan fingerprint density at radius 2 is 1.11 bits per heavy atom. The molecule has 0 aromatic heterocycles. The fourth-order valence-electron chi connectivity index (χ4n) is 3.46. The lowest BCUT2D eigenvalue weighted by atomic mass is 10.2. The normalized spacial score (nSPS) is 11.3. The SMILES string of the molecule is CCC[N+](C)(CCCNc1ccc(N)cc1)CCCNc1ccc(N)cc1. The summed E-state index contributed by atoms with van der Waals surface area (Å²) in [5.74, 6) is 0. The lowest BCUT2D eigenvalue weighted by Crippen LogP contribution is -2.47. The Morgan fingerprint density at radius 3 is 1.48 bits per heavy atom. The van der Waals surface area contributed by atoms with Crippen LogP contribution in [0, 0.1) is 0 Å². The van der Waals surface area contributed by atoms with Crippen LogP contribution in [0.2, 0.25) is 0 Å². The number of rotatable bonds is 12. The molecule has 2 rings (SSSR count). The van der Waals surface area contributed by atoms with E-state index >= 15 is 0 Å². The van der Waals surface area contributed by atoms with Gasteiger partial charge >= 0.3 is 0 Å². The lowest BCUT2D eigenvalue weighted by molar-refractivity contribution is -0.909. The van der Waals surface area contributed by atoms with Crippen LogP contribution in [0.25, 0.3) is 0 Å². The summed E-state index contributed by atoms with van der Waals surface area (Å²) in [4.78, 5) is 0. The van der Waals surface area contributed by atoms with E-state index in [4.69, 9.17) is 11.5 Å². The molecule has 0 saturated heterocycles. The van der Waals surface area contributed by atoms with Crippen molar-refractivity contribution < 1.29 is 4.48 Å². The maximum absolute atomic E-state index is 5.73. The molecule has 2 aromatic carbocycles. The lowest BCUT2D eigenvalue weighted by Gasteiger charge is -2.34. The van der Waals surface area contributed by atoms with Crippen LogP contribution >= 0.6 is 0 Å². The van der Waals surface area contributed by atoms with Crippen molar-refractivity contribution >= 4 is 22.7 Å². The Morgan fingerprint density at radius 1 is 0.704 bits per heavy atom. The number of nitrogens with two attached hydrogens (primary N) is 2. The van der Waals surface area contributed by atoms with E-state index < -0.39 is 0 Å². The van der Waals surface area contributed by atoms with Gasteiger partial charge in [0.15, 0.2) is 0 Å². The summed E-state index contributed by atoms with van der Waals surface area (Å²) in [7, 11) is 2.38. The quantitative estimate of drug-likeness (QED) is 0.259. The third-order valence-electron chi connectivity index (χ3n) is 4.99. The fraction of sp³-hybridized carbons (Fsp3) is 0.455. The molecule has 2 aromatic rings. The molecule has 5 nitrogen and oxygen atoms in total. The highest BCUT2D eigenvalue weighted by Gasteiger charge is 2.19. The molecule has 27 heavy (non-hydrogen) atoms. The molecule has 0 spiro atoms. The van der Waals surface area contributed by atoms with Crippen molar-refractivity contribution in [2.75, 3.05) is 61.9 Å². The number of anilines is 4. The van der Waals surface area contributed by atoms with Crippen molar-refractivity contribution in [1.29, 1.82) is 0 Å². The molecule has 0 bridgehead atoms. The second-order valence-corrected chi connectivity index (χ2v) is 7.60. The number of benzene rings is 2. The van der Waals surface area contributed by atoms with Crippen LogP contribution in [-0.4, -0.2) is 44.3 Å². The highest BCUT2D eigenvalue weighted by Crippen LogP contribution is 2.13. The standard InChI is InChI=1S/C22H36N5/c1-3-16-27(2,17-4-14-25-21-10-6-19(23)7-11-21)18-5-15-26-22-12-8-20(24)9-13-22/h6-13,25-26H,3-5,14-18,23-24H2,1-2H3/q+1. The second kappa shape index (κ2) is 10.7. The van der Waals surface area contributed by atoms with Gasteiger partial charge in [-0.15, -0.1) is 0 Å². The summed E-state index contributed by atoms with van der Waals surface area (Å²) >= 11 is 0. The number of hydrogen-bond acceptors (Lipinski definition) is 4. The molecule has 0 heterocycles. The fourth-order valence-corrected chi connectivity index (χ4v) is 3.46. The number of nitrogen functional groups attached to an aromatic ring is 2. The Bertz CT molecular complexity index is 598. The summed E-state index contributed by atoms with van der Waals surface area (Å²) < 4.78 is 1.13. The summed E-state index contributed by atoms with van der Waals surface area (Å²) in [6.07, 6.45) is 3.53. The molecule has 0 radical (unpaired) electrons. The maximum Gasteiger partial charge on any atom is 0.0801 e. The molecule has 0 aliphatic heterocycles. The molecule has 148 valence electrons. The summed E-state index contributed by atoms with van der Waals surface area (Å²) in [5, 5.41) is 6.98. The van der Waals surface area contributed by atoms with Gasteiger partial charge in [0.1, 0.15) is 0 Å². The molecule has 0 saturated carbocycles. The van der Waals surface area contributed by atoms with Crippen molar-refractivity contribution in [3.8, 4) is 0 Å². The molecule has 6 N–H and O–H groups in total. The molecule has 0 amide bonds. The van der Waals surface area contributed by atoms with Crippen LogP contribution in [0.1, 0.15) is 26.2 Å². The van der Waals surface area contributed by atoms with Crippen molar-refractivity contribution in [2.24, 2.45) is 0 Å². The van der Waals surface area contributed by atoms with Crippen LogP contribution in [-0.2, 0) is 0 Å². The van der Waals surface area contributed by atoms with Gasteiger partial charge in [0.25, 0.3) is 0 Å². The van der Waals surface area contributed by atoms with Gasteiger partial charge in [-0.2, -0.15) is 0 Å². The highest BCUT2D eigenvalue weighted by molar-refractivity contribution is 5.51. The van der Waals surface area contributed by atoms with Gasteiger partial charge in [-0.3, -0.25) is 0 Å². The van der Waals surface area contributed by atoms with E-state index in [1.54, 1.807) is 0 Å². The van der Waals surface area contributed by atoms with E-state index in [1.807, 2.05) is 48.5 Å². The molecule has 0 atom stereocenters. The molecule has 0 aliphatic carbocycles. The summed E-state index contributed by atoms with van der Waals surface area (Å²) in [5.41, 5.74) is 15.4. The van der Waals surface area contributed by atoms with E-state index in [0.717, 1.165) is 53.2 Å². The van der Waals surface area contributed by atoms with Crippen LogP contribution in [0.15, 0.2) is 48.5 Å². The average molecular weight is 371 g/mol. The average Bonchev–Trinajstić information content (AvgIpc) is 2.66. The topological polar surface area (TPSA) is 76.1 Å². The zero-order valence-corrected chi connectivity index (χ0v) is 16.9. The Hall–Kier alpha value is -2.40. The van der Waals surface area contributed by atoms with E-state index in [-0.39, 0.29) is 0 Å². The Balaban J connectivity index is 1.69. The monoisotopic (exact) mass is 370 g/mol. The van der Waals surface area contributed by atoms with E-state index in [9.17, 15) is 0 Å². The third-order valence-corrected chi connectivity index (χ3v) is 4.99. The minimum atomic E-state index is 0.806. The van der Waals surface area contributed by atoms with Crippen LogP contribution < -0.4 is 22.1 Å². The van der Waals surface area contributed by atoms with Gasteiger partial charge in [0.2, 0.25) is 0 Å². The highest BCUT2D eigenvalue weighted by atomic mass is 15.3. The van der Waals surface area contributed by atoms with Crippen LogP contribution in [0.3, 0.4) is 0 Å². The van der Waals surface area contributed by atoms with Crippen LogP contribution in [0.5, 0.6) is 0 Å². The van der Waals surface area contributed by atoms with E-state index in [0.29, 0.717) is 0 Å². The van der Waals surface area contributed by atoms with Crippen molar-refractivity contribution in [3.63, 3.8) is 0 Å². The van der Waals surface area contributed by atoms with Gasteiger partial charge in [0, 0.05) is 48.7 Å². The summed E-state index contributed by atoms with van der Waals surface area (Å²) in [6, 6.07) is 15.9. The number of nitrogens with zero attached hydrogens (tertiary/aromatic N) is 1. The first kappa shape index (κ1) is 20.9. The van der Waals surface area contributed by atoms with Gasteiger partial charge in [-0.05, 0) is 55.0 Å². The van der Waals surface area contributed by atoms with Gasteiger partial charge < -0.3 is 26.6 Å². The van der Waals surface area contributed by atoms with Crippen molar-refractivity contribution in [2.45, 2.75) is 26.2 Å². The largest absolute Gasteiger partial charge is 0.399 e. The molecule has 0 unspecified atom stereocenters. The maximum atomic E-state index is 5.73. The predicted octanol–water partition coefficient (Wildman–Crippen LogP) is 4.01. The predicted molar refractivity (Wildman–Crippen MR) is 119 cm³/mol. The van der Waals surface area contributed by atoms with Crippen molar-refractivity contribution in [3.05, 3.63) is 48.5 Å². The first-order chi connectivity index (χ1) is 13.0. The molecular weight excluding hydrogens is 334 g/mol. The first-order valence-corrected chi connectivity index (χ1v) is 10.0. The van der Waals surface area contributed by atoms with Gasteiger partial charge in [-0.25, -0.2) is 0 Å². The first-order valence-electron chi connectivity index (χ1n) is 10.0. The summed E-state index contributed by atoms with van der Waals surface area (Å²) in [6.45, 7) is 7.87. The number of hydrogen-bond donors (Lipinski definition) is 4. The van der Waals surface area contributed by atoms with E-state index in [1.165, 1.54) is 26.1 Å². The zero-order valence-electron chi connectivity index (χ0n) is 16.9. The Labute approximate surface area is 164 Å². The van der Waals surface area contributed by atoms with Crippen LogP contribution in [0.4, 0.5) is 22.7 Å². The smallest absolute Gasteiger partial charge is 0.0801 e. The molecule has 0 fully saturated rings. The molecular formula is C22H36N5+. The number of quaternary nitrogens is 1. The second-order valence-electron chi connectivity index (χ2n) is 7.60. The molecule has 0 aliphatic rings. The van der Waals surface area contributed by atoms with Crippen molar-refractivity contribution in [1.82, 2.24) is 0 Å². The molecule has 5 heteroatoms. The van der Waals surface area contributed by atoms with Gasteiger partial charge in [-0.1, -0.05) is 6.92 Å². The number of nitrogens with one attached hydrogen (secondary N) is 2. The zero-order chi connectivity index (χ0) is 19.5. The van der Waals surface area contributed by atoms with E-state index in [2.05, 4.69) is 24.6 Å². The minimum Gasteiger partial charge on any atom is -0.399 e. The van der Waals surface area contributed by atoms with Gasteiger partial charge in [0.05, 0.1) is 26.7 Å². The Kier molecular flexibility index (Phi) is 8.27. The third kappa shape index (κ3) is 7.79.